The Morgan fingerprint density at radius 2 is 1.76 bits per heavy atom. The third kappa shape index (κ3) is 3.08. The predicted octanol–water partition coefficient (Wildman–Crippen LogP) is 1.30. The van der Waals surface area contributed by atoms with E-state index in [9.17, 15) is 8.42 Å². The average molecular weight is 260 g/mol. The summed E-state index contributed by atoms with van der Waals surface area (Å²) in [4.78, 5) is 0.276. The molecule has 1 heterocycles. The third-order valence-electron chi connectivity index (χ3n) is 2.48. The van der Waals surface area contributed by atoms with Gasteiger partial charge in [0.25, 0.3) is 0 Å². The van der Waals surface area contributed by atoms with Crippen molar-refractivity contribution >= 4 is 10.0 Å². The normalized spacial score (nSPS) is 12.0. The zero-order valence-corrected chi connectivity index (χ0v) is 11.6. The molecule has 0 bridgehead atoms. The van der Waals surface area contributed by atoms with Crippen molar-refractivity contribution in [3.63, 3.8) is 0 Å². The molecule has 0 unspecified atom stereocenters. The van der Waals surface area contributed by atoms with Crippen LogP contribution in [0.1, 0.15) is 30.9 Å². The predicted molar refractivity (Wildman–Crippen MR) is 66.4 cm³/mol. The van der Waals surface area contributed by atoms with Crippen molar-refractivity contribution in [3.8, 4) is 0 Å². The van der Waals surface area contributed by atoms with E-state index < -0.39 is 10.0 Å². The van der Waals surface area contributed by atoms with Crippen LogP contribution in [0.3, 0.4) is 0 Å². The molecule has 0 aliphatic rings. The summed E-state index contributed by atoms with van der Waals surface area (Å²) < 4.78 is 32.0. The Bertz CT molecular complexity index is 477. The molecule has 98 valence electrons. The molecule has 1 aromatic rings. The fourth-order valence-corrected chi connectivity index (χ4v) is 3.26. The second kappa shape index (κ2) is 5.66. The number of rotatable bonds is 6. The fraction of sp³-hybridized carbons (Fsp3) is 0.636. The van der Waals surface area contributed by atoms with Crippen LogP contribution in [-0.4, -0.2) is 21.5 Å². The van der Waals surface area contributed by atoms with Gasteiger partial charge in [-0.2, -0.15) is 0 Å². The summed E-state index contributed by atoms with van der Waals surface area (Å²) in [5.41, 5.74) is 0.713. The SMILES string of the molecule is CCNCc1c(C)oc(C)c1S(=O)(=O)NCC. The number of hydrogen-bond donors (Lipinski definition) is 2. The molecule has 0 saturated carbocycles. The summed E-state index contributed by atoms with van der Waals surface area (Å²) in [5, 5.41) is 3.12. The number of sulfonamides is 1. The van der Waals surface area contributed by atoms with Gasteiger partial charge >= 0.3 is 0 Å². The van der Waals surface area contributed by atoms with E-state index in [0.29, 0.717) is 30.2 Å². The van der Waals surface area contributed by atoms with Crippen molar-refractivity contribution in [2.75, 3.05) is 13.1 Å². The molecule has 1 rings (SSSR count). The first-order valence-electron chi connectivity index (χ1n) is 5.73. The molecule has 0 fully saturated rings. The molecule has 0 aliphatic heterocycles. The third-order valence-corrected chi connectivity index (χ3v) is 4.22. The smallest absolute Gasteiger partial charge is 0.244 e. The lowest BCUT2D eigenvalue weighted by atomic mass is 10.2. The summed E-state index contributed by atoms with van der Waals surface area (Å²) in [6.07, 6.45) is 0. The number of hydrogen-bond acceptors (Lipinski definition) is 4. The van der Waals surface area contributed by atoms with Gasteiger partial charge in [-0.3, -0.25) is 0 Å². The van der Waals surface area contributed by atoms with E-state index in [1.165, 1.54) is 0 Å². The van der Waals surface area contributed by atoms with E-state index in [1.54, 1.807) is 20.8 Å². The first-order valence-corrected chi connectivity index (χ1v) is 7.21. The van der Waals surface area contributed by atoms with Gasteiger partial charge in [0.15, 0.2) is 0 Å². The lowest BCUT2D eigenvalue weighted by Gasteiger charge is -2.07. The highest BCUT2D eigenvalue weighted by Gasteiger charge is 2.25. The van der Waals surface area contributed by atoms with Crippen molar-refractivity contribution < 1.29 is 12.8 Å². The number of aryl methyl sites for hydroxylation is 2. The van der Waals surface area contributed by atoms with Gasteiger partial charge in [0.1, 0.15) is 16.4 Å². The lowest BCUT2D eigenvalue weighted by molar-refractivity contribution is 0.493. The summed E-state index contributed by atoms with van der Waals surface area (Å²) in [6, 6.07) is 0. The summed E-state index contributed by atoms with van der Waals surface area (Å²) in [7, 11) is -3.47. The Morgan fingerprint density at radius 3 is 2.29 bits per heavy atom. The van der Waals surface area contributed by atoms with Gasteiger partial charge in [0.2, 0.25) is 10.0 Å². The maximum Gasteiger partial charge on any atom is 0.244 e. The second-order valence-electron chi connectivity index (χ2n) is 3.80. The Kier molecular flexibility index (Phi) is 4.73. The number of nitrogens with one attached hydrogen (secondary N) is 2. The van der Waals surface area contributed by atoms with E-state index in [2.05, 4.69) is 10.0 Å². The zero-order valence-electron chi connectivity index (χ0n) is 10.8. The Morgan fingerprint density at radius 1 is 1.12 bits per heavy atom. The van der Waals surface area contributed by atoms with Crippen molar-refractivity contribution in [1.82, 2.24) is 10.0 Å². The number of furan rings is 1. The minimum absolute atomic E-state index is 0.276. The quantitative estimate of drug-likeness (QED) is 0.809. The minimum atomic E-state index is -3.47. The Hall–Kier alpha value is -0.850. The molecule has 5 nitrogen and oxygen atoms in total. The van der Waals surface area contributed by atoms with Crippen molar-refractivity contribution in [2.24, 2.45) is 0 Å². The van der Waals surface area contributed by atoms with Crippen LogP contribution in [-0.2, 0) is 16.6 Å². The van der Waals surface area contributed by atoms with E-state index in [1.807, 2.05) is 6.92 Å². The topological polar surface area (TPSA) is 71.3 Å². The van der Waals surface area contributed by atoms with Gasteiger partial charge < -0.3 is 9.73 Å². The van der Waals surface area contributed by atoms with Gasteiger partial charge in [-0.1, -0.05) is 13.8 Å². The Balaban J connectivity index is 3.22. The largest absolute Gasteiger partial charge is 0.465 e. The molecule has 0 saturated heterocycles. The van der Waals surface area contributed by atoms with E-state index in [0.717, 1.165) is 6.54 Å². The monoisotopic (exact) mass is 260 g/mol. The van der Waals surface area contributed by atoms with Crippen LogP contribution in [0.15, 0.2) is 9.31 Å². The Labute approximate surface area is 103 Å². The van der Waals surface area contributed by atoms with E-state index in [-0.39, 0.29) is 4.90 Å². The molecule has 0 radical (unpaired) electrons. The van der Waals surface area contributed by atoms with Gasteiger partial charge in [0, 0.05) is 18.7 Å². The molecular formula is C11H20N2O3S. The van der Waals surface area contributed by atoms with Crippen LogP contribution in [0.5, 0.6) is 0 Å². The molecule has 0 aromatic carbocycles. The molecule has 0 amide bonds. The molecular weight excluding hydrogens is 240 g/mol. The average Bonchev–Trinajstić information content (AvgIpc) is 2.50. The van der Waals surface area contributed by atoms with Gasteiger partial charge in [-0.15, -0.1) is 0 Å². The maximum atomic E-state index is 12.1. The molecule has 0 spiro atoms. The van der Waals surface area contributed by atoms with Gasteiger partial charge in [0.05, 0.1) is 0 Å². The molecule has 2 N–H and O–H groups in total. The highest BCUT2D eigenvalue weighted by atomic mass is 32.2. The van der Waals surface area contributed by atoms with Crippen LogP contribution in [0, 0.1) is 13.8 Å². The highest BCUT2D eigenvalue weighted by Crippen LogP contribution is 2.26. The van der Waals surface area contributed by atoms with Crippen molar-refractivity contribution in [2.45, 2.75) is 39.1 Å². The molecule has 0 atom stereocenters. The fourth-order valence-electron chi connectivity index (χ4n) is 1.78. The molecule has 1 aromatic heterocycles. The molecule has 17 heavy (non-hydrogen) atoms. The standard InChI is InChI=1S/C11H20N2O3S/c1-5-12-7-10-8(3)16-9(4)11(10)17(14,15)13-6-2/h12-13H,5-7H2,1-4H3. The maximum absolute atomic E-state index is 12.1. The first-order chi connectivity index (χ1) is 7.94. The molecule has 0 aliphatic carbocycles. The molecule has 6 heteroatoms. The highest BCUT2D eigenvalue weighted by molar-refractivity contribution is 7.89. The van der Waals surface area contributed by atoms with Gasteiger partial charge in [-0.05, 0) is 20.4 Å². The lowest BCUT2D eigenvalue weighted by Crippen LogP contribution is -2.25. The van der Waals surface area contributed by atoms with E-state index in [4.69, 9.17) is 4.42 Å². The van der Waals surface area contributed by atoms with Crippen LogP contribution < -0.4 is 10.0 Å². The zero-order chi connectivity index (χ0) is 13.1. The van der Waals surface area contributed by atoms with Crippen LogP contribution in [0.2, 0.25) is 0 Å². The summed E-state index contributed by atoms with van der Waals surface area (Å²) in [5.74, 6) is 1.09. The summed E-state index contributed by atoms with van der Waals surface area (Å²) in [6.45, 7) is 8.83. The van der Waals surface area contributed by atoms with Gasteiger partial charge in [-0.25, -0.2) is 13.1 Å². The van der Waals surface area contributed by atoms with Crippen LogP contribution >= 0.6 is 0 Å². The van der Waals surface area contributed by atoms with Crippen molar-refractivity contribution in [3.05, 3.63) is 17.1 Å². The van der Waals surface area contributed by atoms with Crippen molar-refractivity contribution in [1.29, 1.82) is 0 Å². The van der Waals surface area contributed by atoms with Crippen LogP contribution in [0.4, 0.5) is 0 Å². The van der Waals surface area contributed by atoms with E-state index >= 15 is 0 Å². The summed E-state index contributed by atoms with van der Waals surface area (Å²) >= 11 is 0. The first kappa shape index (κ1) is 14.2. The van der Waals surface area contributed by atoms with Crippen LogP contribution in [0.25, 0.3) is 0 Å². The second-order valence-corrected chi connectivity index (χ2v) is 5.51. The minimum Gasteiger partial charge on any atom is -0.465 e.